The summed E-state index contributed by atoms with van der Waals surface area (Å²) in [6.07, 6.45) is -1.18. The molecule has 1 atom stereocenters. The van der Waals surface area contributed by atoms with Gasteiger partial charge in [0.05, 0.1) is 7.11 Å². The van der Waals surface area contributed by atoms with Crippen molar-refractivity contribution < 1.29 is 19.0 Å². The molecule has 0 radical (unpaired) electrons. The van der Waals surface area contributed by atoms with Gasteiger partial charge in [0.25, 0.3) is 0 Å². The minimum Gasteiger partial charge on any atom is -0.466 e. The number of benzene rings is 2. The third-order valence-corrected chi connectivity index (χ3v) is 4.70. The molecule has 0 aliphatic heterocycles. The molecular formula is C23H24N2O4. The predicted molar refractivity (Wildman–Crippen MR) is 109 cm³/mol. The highest BCUT2D eigenvalue weighted by atomic mass is 16.6. The van der Waals surface area contributed by atoms with Gasteiger partial charge in [0, 0.05) is 18.5 Å². The Labute approximate surface area is 170 Å². The number of hydrogen-bond acceptors (Lipinski definition) is 6. The number of methoxy groups -OCH3 is 2. The van der Waals surface area contributed by atoms with Crippen LogP contribution < -0.4 is 4.74 Å². The summed E-state index contributed by atoms with van der Waals surface area (Å²) in [7, 11) is 2.86. The molecule has 3 rings (SSSR count). The van der Waals surface area contributed by atoms with E-state index in [1.807, 2.05) is 80.6 Å². The van der Waals surface area contributed by atoms with Crippen LogP contribution in [0, 0.1) is 13.8 Å². The number of esters is 1. The number of aromatic nitrogens is 2. The van der Waals surface area contributed by atoms with E-state index < -0.39 is 17.7 Å². The van der Waals surface area contributed by atoms with Crippen molar-refractivity contribution in [1.29, 1.82) is 0 Å². The third kappa shape index (κ3) is 4.12. The quantitative estimate of drug-likeness (QED) is 0.572. The van der Waals surface area contributed by atoms with Crippen LogP contribution in [0.5, 0.6) is 6.01 Å². The van der Waals surface area contributed by atoms with E-state index in [-0.39, 0.29) is 6.01 Å². The fraction of sp³-hybridized carbons (Fsp3) is 0.261. The molecule has 0 spiro atoms. The molecule has 0 N–H and O–H groups in total. The van der Waals surface area contributed by atoms with Crippen LogP contribution in [0.1, 0.15) is 22.5 Å². The van der Waals surface area contributed by atoms with Gasteiger partial charge in [0.15, 0.2) is 5.60 Å². The van der Waals surface area contributed by atoms with Gasteiger partial charge in [-0.05, 0) is 31.0 Å². The minimum absolute atomic E-state index is 0.0891. The van der Waals surface area contributed by atoms with Crippen LogP contribution in [-0.2, 0) is 19.9 Å². The topological polar surface area (TPSA) is 70.5 Å². The van der Waals surface area contributed by atoms with Crippen molar-refractivity contribution in [2.45, 2.75) is 25.6 Å². The second kappa shape index (κ2) is 8.84. The standard InChI is InChI=1S/C23H24N2O4/c1-16-15-17(2)25-22(24-16)29-20(21(26)27-3)23(28-4,18-11-7-5-8-12-18)19-13-9-6-10-14-19/h5-15,20H,1-4H3/t20-/m1/s1. The van der Waals surface area contributed by atoms with Gasteiger partial charge in [-0.2, -0.15) is 0 Å². The molecule has 0 saturated carbocycles. The first-order valence-electron chi connectivity index (χ1n) is 9.24. The molecule has 6 heteroatoms. The lowest BCUT2D eigenvalue weighted by Gasteiger charge is -2.38. The number of nitrogens with zero attached hydrogens (tertiary/aromatic N) is 2. The van der Waals surface area contributed by atoms with Crippen molar-refractivity contribution in [3.05, 3.63) is 89.2 Å². The summed E-state index contributed by atoms with van der Waals surface area (Å²) in [6.45, 7) is 3.68. The van der Waals surface area contributed by atoms with Gasteiger partial charge in [-0.15, -0.1) is 0 Å². The molecule has 1 heterocycles. The summed E-state index contributed by atoms with van der Waals surface area (Å²) in [6, 6.07) is 20.8. The average Bonchev–Trinajstić information content (AvgIpc) is 2.74. The van der Waals surface area contributed by atoms with Gasteiger partial charge < -0.3 is 14.2 Å². The Morgan fingerprint density at radius 3 is 1.76 bits per heavy atom. The summed E-state index contributed by atoms with van der Waals surface area (Å²) in [4.78, 5) is 21.6. The lowest BCUT2D eigenvalue weighted by atomic mass is 9.81. The maximum atomic E-state index is 13.0. The monoisotopic (exact) mass is 392 g/mol. The molecule has 0 fully saturated rings. The first kappa shape index (κ1) is 20.5. The van der Waals surface area contributed by atoms with Crippen LogP contribution in [0.2, 0.25) is 0 Å². The van der Waals surface area contributed by atoms with Gasteiger partial charge in [-0.3, -0.25) is 0 Å². The Hall–Kier alpha value is -3.25. The van der Waals surface area contributed by atoms with E-state index in [9.17, 15) is 4.79 Å². The van der Waals surface area contributed by atoms with Crippen molar-refractivity contribution in [3.63, 3.8) is 0 Å². The maximum Gasteiger partial charge on any atom is 0.351 e. The lowest BCUT2D eigenvalue weighted by Crippen LogP contribution is -2.51. The Bertz CT molecular complexity index is 901. The molecule has 0 unspecified atom stereocenters. The van der Waals surface area contributed by atoms with Crippen molar-refractivity contribution in [2.24, 2.45) is 0 Å². The van der Waals surface area contributed by atoms with Gasteiger partial charge >= 0.3 is 12.0 Å². The average molecular weight is 392 g/mol. The number of ether oxygens (including phenoxy) is 3. The van der Waals surface area contributed by atoms with Crippen LogP contribution in [0.25, 0.3) is 0 Å². The van der Waals surface area contributed by atoms with Crippen LogP contribution in [-0.4, -0.2) is 36.3 Å². The molecule has 6 nitrogen and oxygen atoms in total. The van der Waals surface area contributed by atoms with E-state index in [2.05, 4.69) is 9.97 Å². The van der Waals surface area contributed by atoms with Crippen molar-refractivity contribution in [2.75, 3.05) is 14.2 Å². The highest BCUT2D eigenvalue weighted by Gasteiger charge is 2.50. The molecule has 150 valence electrons. The number of hydrogen-bond donors (Lipinski definition) is 0. The number of aryl methyl sites for hydroxylation is 2. The fourth-order valence-electron chi connectivity index (χ4n) is 3.44. The largest absolute Gasteiger partial charge is 0.466 e. The van der Waals surface area contributed by atoms with E-state index in [1.165, 1.54) is 7.11 Å². The summed E-state index contributed by atoms with van der Waals surface area (Å²) in [5.41, 5.74) is 1.69. The first-order valence-corrected chi connectivity index (χ1v) is 9.24. The highest BCUT2D eigenvalue weighted by molar-refractivity contribution is 5.78. The zero-order valence-corrected chi connectivity index (χ0v) is 17.0. The fourth-order valence-corrected chi connectivity index (χ4v) is 3.44. The van der Waals surface area contributed by atoms with Crippen LogP contribution in [0.15, 0.2) is 66.7 Å². The van der Waals surface area contributed by atoms with Crippen molar-refractivity contribution >= 4 is 5.97 Å². The highest BCUT2D eigenvalue weighted by Crippen LogP contribution is 2.38. The molecule has 1 aromatic heterocycles. The van der Waals surface area contributed by atoms with Crippen LogP contribution in [0.3, 0.4) is 0 Å². The molecular weight excluding hydrogens is 368 g/mol. The van der Waals surface area contributed by atoms with Crippen LogP contribution >= 0.6 is 0 Å². The normalized spacial score (nSPS) is 12.3. The zero-order valence-electron chi connectivity index (χ0n) is 17.0. The number of rotatable bonds is 7. The van der Waals surface area contributed by atoms with E-state index in [0.29, 0.717) is 0 Å². The minimum atomic E-state index is -1.27. The second-order valence-corrected chi connectivity index (χ2v) is 6.63. The van der Waals surface area contributed by atoms with E-state index in [0.717, 1.165) is 22.5 Å². The van der Waals surface area contributed by atoms with Gasteiger partial charge in [-0.1, -0.05) is 60.7 Å². The van der Waals surface area contributed by atoms with Crippen molar-refractivity contribution in [3.8, 4) is 6.01 Å². The maximum absolute atomic E-state index is 13.0. The molecule has 0 bridgehead atoms. The van der Waals surface area contributed by atoms with Gasteiger partial charge in [0.2, 0.25) is 6.10 Å². The SMILES string of the molecule is COC(=O)[C@@H](Oc1nc(C)cc(C)n1)C(OC)(c1ccccc1)c1ccccc1. The van der Waals surface area contributed by atoms with E-state index >= 15 is 0 Å². The Kier molecular flexibility index (Phi) is 6.24. The molecule has 29 heavy (non-hydrogen) atoms. The molecule has 0 aliphatic rings. The molecule has 3 aromatic rings. The second-order valence-electron chi connectivity index (χ2n) is 6.63. The summed E-state index contributed by atoms with van der Waals surface area (Å²) in [5, 5.41) is 0. The van der Waals surface area contributed by atoms with Crippen LogP contribution in [0.4, 0.5) is 0 Å². The van der Waals surface area contributed by atoms with Crippen molar-refractivity contribution in [1.82, 2.24) is 9.97 Å². The van der Waals surface area contributed by atoms with Gasteiger partial charge in [-0.25, -0.2) is 14.8 Å². The Morgan fingerprint density at radius 2 is 1.34 bits per heavy atom. The smallest absolute Gasteiger partial charge is 0.351 e. The predicted octanol–water partition coefficient (Wildman–Crippen LogP) is 3.60. The summed E-state index contributed by atoms with van der Waals surface area (Å²) >= 11 is 0. The number of carbonyl (C=O) groups excluding carboxylic acids is 1. The van der Waals surface area contributed by atoms with E-state index in [1.54, 1.807) is 7.11 Å². The molecule has 2 aromatic carbocycles. The van der Waals surface area contributed by atoms with E-state index in [4.69, 9.17) is 14.2 Å². The molecule has 0 amide bonds. The van der Waals surface area contributed by atoms with Gasteiger partial charge in [0.1, 0.15) is 0 Å². The summed E-state index contributed by atoms with van der Waals surface area (Å²) < 4.78 is 17.2. The summed E-state index contributed by atoms with van der Waals surface area (Å²) in [5.74, 6) is -0.595. The first-order chi connectivity index (χ1) is 14.0. The third-order valence-electron chi connectivity index (χ3n) is 4.70. The lowest BCUT2D eigenvalue weighted by molar-refractivity contribution is -0.164. The molecule has 0 saturated heterocycles. The zero-order chi connectivity index (χ0) is 20.9. The number of carbonyl (C=O) groups is 1. The molecule has 0 aliphatic carbocycles. The Morgan fingerprint density at radius 1 is 0.862 bits per heavy atom. The Balaban J connectivity index is 2.22.